The highest BCUT2D eigenvalue weighted by molar-refractivity contribution is 6.01. The summed E-state index contributed by atoms with van der Waals surface area (Å²) < 4.78 is 58.0. The number of phenolic OH excluding ortho intramolecular Hbond substituents is 1. The summed E-state index contributed by atoms with van der Waals surface area (Å²) >= 11 is 0. The lowest BCUT2D eigenvalue weighted by Gasteiger charge is -2.30. The number of halogens is 3. The molecule has 7 rings (SSSR count). The topological polar surface area (TPSA) is 101 Å². The molecular formula is C32H33F3N4O4. The van der Waals surface area contributed by atoms with Gasteiger partial charge in [-0.2, -0.15) is 9.97 Å². The van der Waals surface area contributed by atoms with Crippen LogP contribution in [0.2, 0.25) is 0 Å². The van der Waals surface area contributed by atoms with Crippen molar-refractivity contribution in [2.24, 2.45) is 0 Å². The average molecular weight is 595 g/mol. The van der Waals surface area contributed by atoms with Crippen molar-refractivity contribution in [1.82, 2.24) is 19.9 Å². The lowest BCUT2D eigenvalue weighted by atomic mass is 9.94. The number of alkyl halides is 1. The Labute approximate surface area is 246 Å². The van der Waals surface area contributed by atoms with Crippen LogP contribution in [-0.4, -0.2) is 73.7 Å². The first kappa shape index (κ1) is 28.1. The van der Waals surface area contributed by atoms with Gasteiger partial charge in [-0.1, -0.05) is 13.0 Å². The number of hydrogen-bond donors (Lipinski definition) is 2. The number of ether oxygens (including phenoxy) is 2. The van der Waals surface area contributed by atoms with Crippen LogP contribution in [0.5, 0.6) is 17.6 Å². The molecule has 2 aromatic carbocycles. The zero-order valence-electron chi connectivity index (χ0n) is 23.8. The quantitative estimate of drug-likeness (QED) is 0.284. The summed E-state index contributed by atoms with van der Waals surface area (Å²) in [5, 5.41) is 22.1. The van der Waals surface area contributed by atoms with Crippen LogP contribution in [-0.2, 0) is 6.42 Å². The van der Waals surface area contributed by atoms with Gasteiger partial charge in [0.05, 0.1) is 17.0 Å². The van der Waals surface area contributed by atoms with Gasteiger partial charge in [-0.05, 0) is 79.6 Å². The van der Waals surface area contributed by atoms with E-state index in [9.17, 15) is 19.0 Å². The van der Waals surface area contributed by atoms with Gasteiger partial charge in [0.2, 0.25) is 5.88 Å². The van der Waals surface area contributed by atoms with Crippen LogP contribution in [0.3, 0.4) is 0 Å². The average Bonchev–Trinajstić information content (AvgIpc) is 3.65. The second kappa shape index (κ2) is 10.8. The van der Waals surface area contributed by atoms with E-state index in [2.05, 4.69) is 19.9 Å². The Morgan fingerprint density at radius 2 is 2.00 bits per heavy atom. The molecule has 2 saturated heterocycles. The molecule has 0 bridgehead atoms. The van der Waals surface area contributed by atoms with Crippen molar-refractivity contribution in [3.63, 3.8) is 0 Å². The fourth-order valence-electron chi connectivity index (χ4n) is 7.22. The fraction of sp³-hybridized carbons (Fsp3) is 0.469. The van der Waals surface area contributed by atoms with Crippen LogP contribution in [0.4, 0.5) is 13.2 Å². The van der Waals surface area contributed by atoms with E-state index in [1.165, 1.54) is 30.5 Å². The summed E-state index contributed by atoms with van der Waals surface area (Å²) in [6, 6.07) is 5.60. The van der Waals surface area contributed by atoms with Crippen LogP contribution < -0.4 is 9.47 Å². The number of rotatable bonds is 7. The van der Waals surface area contributed by atoms with Crippen molar-refractivity contribution < 1.29 is 32.9 Å². The van der Waals surface area contributed by atoms with Crippen LogP contribution in [0.15, 0.2) is 30.5 Å². The Kier molecular flexibility index (Phi) is 7.04. The molecule has 1 saturated carbocycles. The molecule has 0 amide bonds. The molecule has 2 aliphatic heterocycles. The normalized spacial score (nSPS) is 25.6. The Morgan fingerprint density at radius 1 is 1.14 bits per heavy atom. The van der Waals surface area contributed by atoms with E-state index in [0.29, 0.717) is 48.6 Å². The maximum atomic E-state index is 16.6. The summed E-state index contributed by atoms with van der Waals surface area (Å²) in [6.07, 6.45) is 3.58. The van der Waals surface area contributed by atoms with Gasteiger partial charge in [0.1, 0.15) is 41.7 Å². The predicted octanol–water partition coefficient (Wildman–Crippen LogP) is 5.64. The van der Waals surface area contributed by atoms with Crippen molar-refractivity contribution in [2.45, 2.75) is 75.8 Å². The zero-order valence-corrected chi connectivity index (χ0v) is 23.8. The lowest BCUT2D eigenvalue weighted by Crippen LogP contribution is -2.43. The first-order chi connectivity index (χ1) is 20.8. The maximum Gasteiger partial charge on any atom is 0.320 e. The molecule has 8 nitrogen and oxygen atoms in total. The standard InChI is InChI=1S/C32H33F3N4O4/c1-2-20-23(34)8-7-17-11-19(40)12-21(26(17)20)28-27(35)29-22(14-36-28)30(43-25-6-3-5-24(25)41)38-31(37-29)42-16-32-9-4-10-39(32)15-18(33)13-32/h7-8,11-12,14,18,24-25,40-41H,2-6,9-10,13,15-16H2,1H3/t18-,24?,25?,32+/m1/s1. The number of aliphatic hydroxyl groups excluding tert-OH is 1. The fourth-order valence-corrected chi connectivity index (χ4v) is 7.22. The van der Waals surface area contributed by atoms with E-state index in [0.717, 1.165) is 25.8 Å². The molecule has 2 N–H and O–H groups in total. The highest BCUT2D eigenvalue weighted by Crippen LogP contribution is 2.42. The first-order valence-corrected chi connectivity index (χ1v) is 14.9. The molecule has 11 heteroatoms. The van der Waals surface area contributed by atoms with Gasteiger partial charge >= 0.3 is 6.01 Å². The molecule has 4 heterocycles. The van der Waals surface area contributed by atoms with Gasteiger partial charge in [-0.25, -0.2) is 13.2 Å². The van der Waals surface area contributed by atoms with E-state index in [1.807, 2.05) is 0 Å². The monoisotopic (exact) mass is 594 g/mol. The summed E-state index contributed by atoms with van der Waals surface area (Å²) in [5.41, 5.74) is -0.117. The number of aliphatic hydroxyl groups is 1. The summed E-state index contributed by atoms with van der Waals surface area (Å²) in [4.78, 5) is 15.4. The van der Waals surface area contributed by atoms with Gasteiger partial charge < -0.3 is 19.7 Å². The molecule has 43 heavy (non-hydrogen) atoms. The Bertz CT molecular complexity index is 1720. The van der Waals surface area contributed by atoms with E-state index in [-0.39, 0.29) is 46.4 Å². The van der Waals surface area contributed by atoms with E-state index in [4.69, 9.17) is 9.47 Å². The Balaban J connectivity index is 1.36. The third-order valence-electron chi connectivity index (χ3n) is 9.30. The third-order valence-corrected chi connectivity index (χ3v) is 9.30. The van der Waals surface area contributed by atoms with Crippen LogP contribution >= 0.6 is 0 Å². The van der Waals surface area contributed by atoms with Gasteiger partial charge in [-0.15, -0.1) is 0 Å². The number of fused-ring (bicyclic) bond motifs is 3. The number of aromatic hydroxyl groups is 1. The predicted molar refractivity (Wildman–Crippen MR) is 154 cm³/mol. The number of aromatic nitrogens is 3. The highest BCUT2D eigenvalue weighted by atomic mass is 19.1. The number of pyridine rings is 1. The highest BCUT2D eigenvalue weighted by Gasteiger charge is 2.49. The molecule has 0 radical (unpaired) electrons. The number of benzene rings is 2. The lowest BCUT2D eigenvalue weighted by molar-refractivity contribution is 0.0571. The molecule has 0 spiro atoms. The molecule has 4 aromatic rings. The molecule has 2 unspecified atom stereocenters. The number of aryl methyl sites for hydroxylation is 1. The molecule has 1 aliphatic carbocycles. The minimum Gasteiger partial charge on any atom is -0.508 e. The van der Waals surface area contributed by atoms with Crippen LogP contribution in [0.1, 0.15) is 51.0 Å². The van der Waals surface area contributed by atoms with Gasteiger partial charge in [0.25, 0.3) is 0 Å². The van der Waals surface area contributed by atoms with Crippen LogP contribution in [0.25, 0.3) is 32.9 Å². The van der Waals surface area contributed by atoms with Gasteiger partial charge in [-0.3, -0.25) is 9.88 Å². The van der Waals surface area contributed by atoms with Crippen molar-refractivity contribution in [3.8, 4) is 28.9 Å². The maximum absolute atomic E-state index is 16.6. The van der Waals surface area contributed by atoms with Crippen molar-refractivity contribution in [2.75, 3.05) is 19.7 Å². The number of phenols is 1. The summed E-state index contributed by atoms with van der Waals surface area (Å²) in [5.74, 6) is -1.34. The Morgan fingerprint density at radius 3 is 2.79 bits per heavy atom. The van der Waals surface area contributed by atoms with Crippen molar-refractivity contribution in [3.05, 3.63) is 47.7 Å². The number of nitrogens with zero attached hydrogens (tertiary/aromatic N) is 4. The smallest absolute Gasteiger partial charge is 0.320 e. The molecule has 2 aromatic heterocycles. The van der Waals surface area contributed by atoms with E-state index < -0.39 is 35.6 Å². The SMILES string of the molecule is CCc1c(F)ccc2cc(O)cc(-c3ncc4c(OC5CCCC5O)nc(OC[C@@]56CCCN5C[C@H](F)C6)nc4c3F)c12. The first-order valence-electron chi connectivity index (χ1n) is 14.9. The van der Waals surface area contributed by atoms with E-state index in [1.54, 1.807) is 6.92 Å². The summed E-state index contributed by atoms with van der Waals surface area (Å²) in [6.45, 7) is 3.09. The van der Waals surface area contributed by atoms with Crippen LogP contribution in [0, 0.1) is 11.6 Å². The minimum atomic E-state index is -0.940. The van der Waals surface area contributed by atoms with Gasteiger partial charge in [0.15, 0.2) is 5.82 Å². The van der Waals surface area contributed by atoms with E-state index >= 15 is 4.39 Å². The Hall–Kier alpha value is -3.70. The molecule has 3 fully saturated rings. The largest absolute Gasteiger partial charge is 0.508 e. The van der Waals surface area contributed by atoms with Crippen molar-refractivity contribution in [1.29, 1.82) is 0 Å². The molecule has 3 aliphatic rings. The zero-order chi connectivity index (χ0) is 29.9. The molecule has 4 atom stereocenters. The molecular weight excluding hydrogens is 561 g/mol. The third kappa shape index (κ3) is 4.82. The second-order valence-electron chi connectivity index (χ2n) is 12.0. The van der Waals surface area contributed by atoms with Gasteiger partial charge in [0, 0.05) is 24.7 Å². The molecule has 226 valence electrons. The number of hydrogen-bond acceptors (Lipinski definition) is 8. The minimum absolute atomic E-state index is 0.0283. The van der Waals surface area contributed by atoms with Crippen molar-refractivity contribution >= 4 is 21.7 Å². The second-order valence-corrected chi connectivity index (χ2v) is 12.0. The summed E-state index contributed by atoms with van der Waals surface area (Å²) in [7, 11) is 0.